The molecule has 3 rings (SSSR count). The number of sulfonamides is 1. The summed E-state index contributed by atoms with van der Waals surface area (Å²) in [6, 6.07) is 20.7. The number of carbonyl (C=O) groups excluding carboxylic acids is 2. The van der Waals surface area contributed by atoms with E-state index in [0.29, 0.717) is 11.3 Å². The highest BCUT2D eigenvalue weighted by Crippen LogP contribution is 2.27. The van der Waals surface area contributed by atoms with Gasteiger partial charge in [-0.3, -0.25) is 9.59 Å². The Labute approximate surface area is 206 Å². The van der Waals surface area contributed by atoms with E-state index in [2.05, 4.69) is 37.5 Å². The Balaban J connectivity index is 1.99. The average Bonchev–Trinajstić information content (AvgIpc) is 2.77. The zero-order valence-corrected chi connectivity index (χ0v) is 20.9. The number of benzene rings is 3. The normalized spacial score (nSPS) is 11.8. The summed E-state index contributed by atoms with van der Waals surface area (Å²) in [5, 5.41) is 5.96. The molecule has 0 aliphatic carbocycles. The van der Waals surface area contributed by atoms with Crippen LogP contribution in [0.5, 0.6) is 0 Å². The zero-order chi connectivity index (χ0) is 25.6. The molecule has 3 N–H and O–H groups in total. The highest BCUT2D eigenvalue weighted by molar-refractivity contribution is 7.90. The van der Waals surface area contributed by atoms with Gasteiger partial charge in [0.15, 0.2) is 0 Å². The van der Waals surface area contributed by atoms with Crippen LogP contribution in [0.15, 0.2) is 83.8 Å². The summed E-state index contributed by atoms with van der Waals surface area (Å²) >= 11 is 0. The van der Waals surface area contributed by atoms with Crippen molar-refractivity contribution in [3.8, 4) is 0 Å². The molecule has 0 unspecified atom stereocenters. The number of para-hydroxylation sites is 2. The van der Waals surface area contributed by atoms with Crippen molar-refractivity contribution in [3.63, 3.8) is 0 Å². The summed E-state index contributed by atoms with van der Waals surface area (Å²) in [7, 11) is -4.14. The van der Waals surface area contributed by atoms with Crippen molar-refractivity contribution in [2.75, 3.05) is 10.6 Å². The first kappa shape index (κ1) is 25.7. The highest BCUT2D eigenvalue weighted by Gasteiger charge is 2.22. The fraction of sp³-hybridized carbons (Fsp3) is 0.185. The van der Waals surface area contributed by atoms with Crippen LogP contribution in [0.25, 0.3) is 6.08 Å². The molecule has 0 fully saturated rings. The first-order chi connectivity index (χ1) is 16.4. The van der Waals surface area contributed by atoms with E-state index in [1.165, 1.54) is 18.2 Å². The van der Waals surface area contributed by atoms with Gasteiger partial charge in [0.1, 0.15) is 4.90 Å². The minimum Gasteiger partial charge on any atom is -0.355 e. The van der Waals surface area contributed by atoms with E-state index in [1.54, 1.807) is 12.1 Å². The molecule has 0 aliphatic rings. The largest absolute Gasteiger partial charge is 0.355 e. The number of allylic oxidation sites excluding steroid dienone is 1. The molecule has 0 radical (unpaired) electrons. The molecule has 0 atom stereocenters. The van der Waals surface area contributed by atoms with Crippen molar-refractivity contribution >= 4 is 45.0 Å². The lowest BCUT2D eigenvalue weighted by Crippen LogP contribution is -2.29. The molecule has 3 aromatic rings. The van der Waals surface area contributed by atoms with Gasteiger partial charge < -0.3 is 10.6 Å². The van der Waals surface area contributed by atoms with Crippen LogP contribution in [0, 0.1) is 5.41 Å². The Morgan fingerprint density at radius 3 is 2.17 bits per heavy atom. The standard InChI is InChI=1S/C27H29N3O4S/c1-19(31)30-35(33,34)25-13-9-8-12-23(25)29-26(32)22-15-14-20(16-17-27(2,3)4)18-24(22)28-21-10-6-5-7-11-21/h5-18,28H,1-4H3,(H,29,32)(H,30,31). The zero-order valence-electron chi connectivity index (χ0n) is 20.1. The summed E-state index contributed by atoms with van der Waals surface area (Å²) < 4.78 is 27.1. The van der Waals surface area contributed by atoms with Crippen molar-refractivity contribution in [1.82, 2.24) is 4.72 Å². The number of hydrogen-bond donors (Lipinski definition) is 3. The van der Waals surface area contributed by atoms with Crippen LogP contribution < -0.4 is 15.4 Å². The Hall–Kier alpha value is -3.91. The molecule has 7 nitrogen and oxygen atoms in total. The number of amides is 2. The van der Waals surface area contributed by atoms with Crippen LogP contribution in [0.2, 0.25) is 0 Å². The van der Waals surface area contributed by atoms with Crippen LogP contribution in [-0.4, -0.2) is 20.2 Å². The maximum atomic E-state index is 13.3. The van der Waals surface area contributed by atoms with Crippen molar-refractivity contribution in [3.05, 3.63) is 90.0 Å². The SMILES string of the molecule is CC(=O)NS(=O)(=O)c1ccccc1NC(=O)c1ccc(C=CC(C)(C)C)cc1Nc1ccccc1. The maximum Gasteiger partial charge on any atom is 0.266 e. The average molecular weight is 492 g/mol. The minimum atomic E-state index is -4.14. The molecule has 0 heterocycles. The maximum absolute atomic E-state index is 13.3. The second-order valence-corrected chi connectivity index (χ2v) is 10.8. The molecule has 2 amide bonds. The van der Waals surface area contributed by atoms with E-state index in [0.717, 1.165) is 18.2 Å². The molecule has 0 bridgehead atoms. The summed E-state index contributed by atoms with van der Waals surface area (Å²) in [5.74, 6) is -1.22. The quantitative estimate of drug-likeness (QED) is 0.401. The Morgan fingerprint density at radius 2 is 1.51 bits per heavy atom. The van der Waals surface area contributed by atoms with Crippen LogP contribution in [0.1, 0.15) is 43.6 Å². The number of carbonyl (C=O) groups is 2. The molecule has 0 saturated carbocycles. The second-order valence-electron chi connectivity index (χ2n) is 9.11. The van der Waals surface area contributed by atoms with Crippen LogP contribution >= 0.6 is 0 Å². The molecule has 0 aliphatic heterocycles. The molecule has 182 valence electrons. The van der Waals surface area contributed by atoms with Gasteiger partial charge in [-0.15, -0.1) is 0 Å². The third kappa shape index (κ3) is 7.28. The highest BCUT2D eigenvalue weighted by atomic mass is 32.2. The summed E-state index contributed by atoms with van der Waals surface area (Å²) in [6.45, 7) is 7.40. The minimum absolute atomic E-state index is 0.00776. The number of hydrogen-bond acceptors (Lipinski definition) is 5. The van der Waals surface area contributed by atoms with Crippen molar-refractivity contribution in [1.29, 1.82) is 0 Å². The predicted molar refractivity (Wildman–Crippen MR) is 140 cm³/mol. The molecule has 0 aromatic heterocycles. The first-order valence-electron chi connectivity index (χ1n) is 11.0. The van der Waals surface area contributed by atoms with E-state index in [1.807, 2.05) is 53.3 Å². The van der Waals surface area contributed by atoms with Gasteiger partial charge in [-0.2, -0.15) is 0 Å². The third-order valence-electron chi connectivity index (χ3n) is 4.82. The van der Waals surface area contributed by atoms with Gasteiger partial charge in [0.25, 0.3) is 15.9 Å². The molecule has 0 spiro atoms. The van der Waals surface area contributed by atoms with Gasteiger partial charge in [-0.1, -0.05) is 69.3 Å². The smallest absolute Gasteiger partial charge is 0.266 e. The van der Waals surface area contributed by atoms with Crippen LogP contribution in [0.3, 0.4) is 0 Å². The van der Waals surface area contributed by atoms with Crippen molar-refractivity contribution in [2.45, 2.75) is 32.6 Å². The van der Waals surface area contributed by atoms with Gasteiger partial charge in [-0.25, -0.2) is 13.1 Å². The Kier molecular flexibility index (Phi) is 7.76. The number of anilines is 3. The van der Waals surface area contributed by atoms with Crippen LogP contribution in [-0.2, 0) is 14.8 Å². The van der Waals surface area contributed by atoms with E-state index < -0.39 is 21.8 Å². The lowest BCUT2D eigenvalue weighted by atomic mass is 9.95. The lowest BCUT2D eigenvalue weighted by molar-refractivity contribution is -0.117. The summed E-state index contributed by atoms with van der Waals surface area (Å²) in [4.78, 5) is 24.5. The molecule has 35 heavy (non-hydrogen) atoms. The molecular formula is C27H29N3O4S. The van der Waals surface area contributed by atoms with Gasteiger partial charge in [-0.05, 0) is 47.4 Å². The van der Waals surface area contributed by atoms with Crippen molar-refractivity contribution < 1.29 is 18.0 Å². The predicted octanol–water partition coefficient (Wildman–Crippen LogP) is 5.57. The van der Waals surface area contributed by atoms with Gasteiger partial charge >= 0.3 is 0 Å². The molecule has 3 aromatic carbocycles. The van der Waals surface area contributed by atoms with Crippen molar-refractivity contribution in [2.24, 2.45) is 5.41 Å². The van der Waals surface area contributed by atoms with Crippen LogP contribution in [0.4, 0.5) is 17.1 Å². The fourth-order valence-corrected chi connectivity index (χ4v) is 4.38. The van der Waals surface area contributed by atoms with E-state index >= 15 is 0 Å². The Morgan fingerprint density at radius 1 is 0.857 bits per heavy atom. The first-order valence-corrected chi connectivity index (χ1v) is 12.5. The lowest BCUT2D eigenvalue weighted by Gasteiger charge is -2.16. The number of rotatable bonds is 7. The monoisotopic (exact) mass is 491 g/mol. The fourth-order valence-electron chi connectivity index (χ4n) is 3.23. The number of nitrogens with one attached hydrogen (secondary N) is 3. The van der Waals surface area contributed by atoms with Gasteiger partial charge in [0.2, 0.25) is 5.91 Å². The second kappa shape index (κ2) is 10.6. The molecule has 0 saturated heterocycles. The van der Waals surface area contributed by atoms with Gasteiger partial charge in [0, 0.05) is 12.6 Å². The van der Waals surface area contributed by atoms with E-state index in [9.17, 15) is 18.0 Å². The topological polar surface area (TPSA) is 104 Å². The third-order valence-corrected chi connectivity index (χ3v) is 6.31. The molecule has 8 heteroatoms. The van der Waals surface area contributed by atoms with Gasteiger partial charge in [0.05, 0.1) is 16.9 Å². The van der Waals surface area contributed by atoms with E-state index in [-0.39, 0.29) is 16.0 Å². The summed E-state index contributed by atoms with van der Waals surface area (Å²) in [5.41, 5.74) is 2.65. The molecular weight excluding hydrogens is 462 g/mol. The summed E-state index contributed by atoms with van der Waals surface area (Å²) in [6.07, 6.45) is 4.07. The Bertz CT molecular complexity index is 1360. The van der Waals surface area contributed by atoms with E-state index in [4.69, 9.17) is 0 Å².